The van der Waals surface area contributed by atoms with Gasteiger partial charge in [0, 0.05) is 48.1 Å². The SMILES string of the molecule is Cc1cc(C)nc(N2CCC(c3nc(C)c4c(n3)N(Cc3ccccc3)C(=O)CC4)C2)n1. The summed E-state index contributed by atoms with van der Waals surface area (Å²) < 4.78 is 0. The number of fused-ring (bicyclic) bond motifs is 1. The number of hydrogen-bond donors (Lipinski definition) is 0. The third-order valence-electron chi connectivity index (χ3n) is 6.35. The zero-order chi connectivity index (χ0) is 22.2. The number of anilines is 2. The highest BCUT2D eigenvalue weighted by atomic mass is 16.2. The van der Waals surface area contributed by atoms with Gasteiger partial charge in [-0.3, -0.25) is 9.69 Å². The molecule has 1 atom stereocenters. The highest BCUT2D eigenvalue weighted by Gasteiger charge is 2.32. The molecule has 32 heavy (non-hydrogen) atoms. The minimum atomic E-state index is 0.127. The Kier molecular flexibility index (Phi) is 5.33. The van der Waals surface area contributed by atoms with E-state index < -0.39 is 0 Å². The van der Waals surface area contributed by atoms with Crippen molar-refractivity contribution >= 4 is 17.7 Å². The predicted molar refractivity (Wildman–Crippen MR) is 124 cm³/mol. The van der Waals surface area contributed by atoms with Gasteiger partial charge in [-0.05, 0) is 45.2 Å². The van der Waals surface area contributed by atoms with Gasteiger partial charge in [-0.25, -0.2) is 19.9 Å². The normalized spacial score (nSPS) is 18.2. The third-order valence-corrected chi connectivity index (χ3v) is 6.35. The number of aromatic nitrogens is 4. The molecular weight excluding hydrogens is 400 g/mol. The van der Waals surface area contributed by atoms with Gasteiger partial charge in [0.2, 0.25) is 11.9 Å². The van der Waals surface area contributed by atoms with Gasteiger partial charge in [-0.15, -0.1) is 0 Å². The van der Waals surface area contributed by atoms with Gasteiger partial charge in [-0.2, -0.15) is 0 Å². The average Bonchev–Trinajstić information content (AvgIpc) is 3.26. The zero-order valence-electron chi connectivity index (χ0n) is 18.9. The van der Waals surface area contributed by atoms with E-state index >= 15 is 0 Å². The fraction of sp³-hybridized carbons (Fsp3) is 0.400. The van der Waals surface area contributed by atoms with Crippen molar-refractivity contribution in [2.75, 3.05) is 22.9 Å². The fourth-order valence-electron chi connectivity index (χ4n) is 4.72. The third kappa shape index (κ3) is 3.95. The second kappa shape index (κ2) is 8.30. The summed E-state index contributed by atoms with van der Waals surface area (Å²) in [6.07, 6.45) is 2.16. The molecule has 2 aliphatic rings. The van der Waals surface area contributed by atoms with Crippen molar-refractivity contribution in [1.82, 2.24) is 19.9 Å². The lowest BCUT2D eigenvalue weighted by Gasteiger charge is -2.30. The lowest BCUT2D eigenvalue weighted by molar-refractivity contribution is -0.119. The van der Waals surface area contributed by atoms with Crippen LogP contribution in [0.15, 0.2) is 36.4 Å². The number of carbonyl (C=O) groups excluding carboxylic acids is 1. The molecule has 1 saturated heterocycles. The van der Waals surface area contributed by atoms with Gasteiger partial charge < -0.3 is 4.90 Å². The molecule has 0 saturated carbocycles. The van der Waals surface area contributed by atoms with E-state index in [4.69, 9.17) is 9.97 Å². The molecule has 2 aliphatic heterocycles. The molecule has 7 heteroatoms. The number of amides is 1. The number of carbonyl (C=O) groups is 1. The number of rotatable bonds is 4. The molecule has 1 unspecified atom stereocenters. The van der Waals surface area contributed by atoms with E-state index in [0.717, 1.165) is 65.3 Å². The second-order valence-electron chi connectivity index (χ2n) is 8.82. The maximum Gasteiger partial charge on any atom is 0.228 e. The highest BCUT2D eigenvalue weighted by Crippen LogP contribution is 2.33. The van der Waals surface area contributed by atoms with Crippen LogP contribution in [0.25, 0.3) is 0 Å². The fourth-order valence-corrected chi connectivity index (χ4v) is 4.72. The van der Waals surface area contributed by atoms with Gasteiger partial charge >= 0.3 is 0 Å². The summed E-state index contributed by atoms with van der Waals surface area (Å²) in [5, 5.41) is 0. The number of benzene rings is 1. The van der Waals surface area contributed by atoms with Gasteiger partial charge in [0.1, 0.15) is 11.6 Å². The van der Waals surface area contributed by atoms with Crippen molar-refractivity contribution in [1.29, 1.82) is 0 Å². The first-order valence-corrected chi connectivity index (χ1v) is 11.3. The molecule has 2 aromatic heterocycles. The van der Waals surface area contributed by atoms with Crippen LogP contribution in [0.4, 0.5) is 11.8 Å². The van der Waals surface area contributed by atoms with Gasteiger partial charge in [0.15, 0.2) is 0 Å². The molecule has 0 N–H and O–H groups in total. The molecule has 0 aliphatic carbocycles. The first kappa shape index (κ1) is 20.5. The smallest absolute Gasteiger partial charge is 0.228 e. The summed E-state index contributed by atoms with van der Waals surface area (Å²) in [5.74, 6) is 2.70. The van der Waals surface area contributed by atoms with Crippen LogP contribution in [0, 0.1) is 20.8 Å². The summed E-state index contributed by atoms with van der Waals surface area (Å²) >= 11 is 0. The first-order chi connectivity index (χ1) is 15.5. The topological polar surface area (TPSA) is 75.1 Å². The van der Waals surface area contributed by atoms with Crippen molar-refractivity contribution in [3.63, 3.8) is 0 Å². The van der Waals surface area contributed by atoms with Crippen LogP contribution in [0.5, 0.6) is 0 Å². The Bertz CT molecular complexity index is 1140. The molecule has 1 fully saturated rings. The Labute approximate surface area is 188 Å². The molecule has 4 heterocycles. The van der Waals surface area contributed by atoms with Crippen molar-refractivity contribution in [3.05, 3.63) is 70.4 Å². The van der Waals surface area contributed by atoms with Crippen LogP contribution >= 0.6 is 0 Å². The predicted octanol–water partition coefficient (Wildman–Crippen LogP) is 3.67. The molecule has 0 radical (unpaired) electrons. The Hall–Kier alpha value is -3.35. The first-order valence-electron chi connectivity index (χ1n) is 11.3. The van der Waals surface area contributed by atoms with Crippen molar-refractivity contribution in [3.8, 4) is 0 Å². The molecule has 1 amide bonds. The zero-order valence-corrected chi connectivity index (χ0v) is 18.9. The molecule has 7 nitrogen and oxygen atoms in total. The molecule has 0 spiro atoms. The standard InChI is InChI=1S/C25H28N6O/c1-16-13-17(2)27-25(26-16)30-12-11-20(15-30)23-28-18(3)21-9-10-22(32)31(24(21)29-23)14-19-7-5-4-6-8-19/h4-8,13,20H,9-12,14-15H2,1-3H3. The van der Waals surface area contributed by atoms with Crippen molar-refractivity contribution < 1.29 is 4.79 Å². The summed E-state index contributed by atoms with van der Waals surface area (Å²) in [6.45, 7) is 8.24. The van der Waals surface area contributed by atoms with Crippen LogP contribution in [0.3, 0.4) is 0 Å². The van der Waals surface area contributed by atoms with Crippen LogP contribution in [-0.2, 0) is 17.8 Å². The summed E-state index contributed by atoms with van der Waals surface area (Å²) in [7, 11) is 0. The van der Waals surface area contributed by atoms with E-state index in [0.29, 0.717) is 19.4 Å². The molecule has 164 valence electrons. The molecule has 1 aromatic carbocycles. The Morgan fingerprint density at radius 3 is 2.47 bits per heavy atom. The Morgan fingerprint density at radius 2 is 1.72 bits per heavy atom. The largest absolute Gasteiger partial charge is 0.340 e. The maximum absolute atomic E-state index is 12.8. The van der Waals surface area contributed by atoms with Gasteiger partial charge in [0.05, 0.1) is 6.54 Å². The van der Waals surface area contributed by atoms with Gasteiger partial charge in [-0.1, -0.05) is 30.3 Å². The number of nitrogens with zero attached hydrogens (tertiary/aromatic N) is 6. The summed E-state index contributed by atoms with van der Waals surface area (Å²) in [6, 6.07) is 12.1. The second-order valence-corrected chi connectivity index (χ2v) is 8.82. The minimum Gasteiger partial charge on any atom is -0.340 e. The van der Waals surface area contributed by atoms with Crippen molar-refractivity contribution in [2.45, 2.75) is 52.5 Å². The van der Waals surface area contributed by atoms with E-state index in [1.165, 1.54) is 0 Å². The van der Waals surface area contributed by atoms with E-state index in [1.54, 1.807) is 0 Å². The van der Waals surface area contributed by atoms with Crippen molar-refractivity contribution in [2.24, 2.45) is 0 Å². The summed E-state index contributed by atoms with van der Waals surface area (Å²) in [5.41, 5.74) is 5.14. The summed E-state index contributed by atoms with van der Waals surface area (Å²) in [4.78, 5) is 36.0. The molecule has 5 rings (SSSR count). The number of aryl methyl sites for hydroxylation is 3. The molecular formula is C25H28N6O. The van der Waals surface area contributed by atoms with E-state index in [-0.39, 0.29) is 11.8 Å². The van der Waals surface area contributed by atoms with Gasteiger partial charge in [0.25, 0.3) is 0 Å². The van der Waals surface area contributed by atoms with Crippen LogP contribution < -0.4 is 9.80 Å². The van der Waals surface area contributed by atoms with E-state index in [1.807, 2.05) is 49.9 Å². The highest BCUT2D eigenvalue weighted by molar-refractivity contribution is 5.95. The Morgan fingerprint density at radius 1 is 0.969 bits per heavy atom. The molecule has 0 bridgehead atoms. The average molecular weight is 429 g/mol. The monoisotopic (exact) mass is 428 g/mol. The number of hydrogen-bond acceptors (Lipinski definition) is 6. The Balaban J connectivity index is 1.44. The minimum absolute atomic E-state index is 0.127. The maximum atomic E-state index is 12.8. The molecule has 3 aromatic rings. The van der Waals surface area contributed by atoms with E-state index in [9.17, 15) is 4.79 Å². The van der Waals surface area contributed by atoms with Crippen LogP contribution in [-0.4, -0.2) is 38.9 Å². The van der Waals surface area contributed by atoms with Crippen LogP contribution in [0.2, 0.25) is 0 Å². The lowest BCUT2D eigenvalue weighted by Crippen LogP contribution is -2.36. The van der Waals surface area contributed by atoms with E-state index in [2.05, 4.69) is 27.0 Å². The quantitative estimate of drug-likeness (QED) is 0.631. The lowest BCUT2D eigenvalue weighted by atomic mass is 10.0. The van der Waals surface area contributed by atoms with Crippen LogP contribution in [0.1, 0.15) is 52.8 Å².